The first-order valence-electron chi connectivity index (χ1n) is 7.91. The summed E-state index contributed by atoms with van der Waals surface area (Å²) in [4.78, 5) is 11.8. The number of nitriles is 1. The fourth-order valence-electron chi connectivity index (χ4n) is 2.64. The number of hydrogen-bond acceptors (Lipinski definition) is 6. The minimum absolute atomic E-state index is 0.0902. The van der Waals surface area contributed by atoms with Gasteiger partial charge >= 0.3 is 5.97 Å². The van der Waals surface area contributed by atoms with E-state index in [1.807, 2.05) is 6.07 Å². The molecule has 0 radical (unpaired) electrons. The van der Waals surface area contributed by atoms with Crippen LogP contribution in [0.25, 0.3) is 0 Å². The van der Waals surface area contributed by atoms with Gasteiger partial charge in [0.15, 0.2) is 0 Å². The molecule has 1 unspecified atom stereocenters. The van der Waals surface area contributed by atoms with Gasteiger partial charge in [-0.15, -0.1) is 0 Å². The predicted octanol–water partition coefficient (Wildman–Crippen LogP) is 3.28. The first-order valence-corrected chi connectivity index (χ1v) is 8.28. The van der Waals surface area contributed by atoms with Crippen molar-refractivity contribution in [2.45, 2.75) is 38.8 Å². The molecule has 6 nitrogen and oxygen atoms in total. The molecule has 1 heterocycles. The second kappa shape index (κ2) is 8.67. The van der Waals surface area contributed by atoms with Gasteiger partial charge in [-0.2, -0.15) is 5.26 Å². The van der Waals surface area contributed by atoms with Gasteiger partial charge in [0.05, 0.1) is 13.0 Å². The van der Waals surface area contributed by atoms with Crippen LogP contribution in [0, 0.1) is 16.7 Å². The molecule has 1 aromatic rings. The molecule has 0 aromatic heterocycles. The lowest BCUT2D eigenvalue weighted by Gasteiger charge is -2.26. The largest absolute Gasteiger partial charge is 0.466 e. The molecule has 1 aliphatic rings. The van der Waals surface area contributed by atoms with Crippen LogP contribution in [0.4, 0.5) is 5.69 Å². The van der Waals surface area contributed by atoms with E-state index in [-0.39, 0.29) is 25.0 Å². The second-order valence-corrected chi connectivity index (χ2v) is 5.82. The summed E-state index contributed by atoms with van der Waals surface area (Å²) in [6.45, 7) is 2.65. The maximum Gasteiger partial charge on any atom is 0.310 e. The molecule has 0 aliphatic carbocycles. The Hall–Kier alpha value is -2.10. The predicted molar refractivity (Wildman–Crippen MR) is 91.4 cm³/mol. The standard InChI is InChI=1S/C17H20ClN3O3/c1-2-23-16(22)9-11-12(18)6-7-14(17(11)13(20)10-19)21-15-5-3-4-8-24-15/h6-7,15,20-21H,2-5,8-9H2,1H3. The van der Waals surface area contributed by atoms with E-state index in [0.29, 0.717) is 28.4 Å². The number of hydrogen-bond donors (Lipinski definition) is 2. The van der Waals surface area contributed by atoms with Crippen molar-refractivity contribution in [1.82, 2.24) is 0 Å². The van der Waals surface area contributed by atoms with Gasteiger partial charge in [0, 0.05) is 22.9 Å². The maximum atomic E-state index is 11.8. The Kier molecular flexibility index (Phi) is 6.59. The summed E-state index contributed by atoms with van der Waals surface area (Å²) in [5, 5.41) is 20.7. The molecule has 7 heteroatoms. The Morgan fingerprint density at radius 1 is 1.54 bits per heavy atom. The topological polar surface area (TPSA) is 95.2 Å². The van der Waals surface area contributed by atoms with E-state index >= 15 is 0 Å². The summed E-state index contributed by atoms with van der Waals surface area (Å²) in [6.07, 6.45) is 2.64. The zero-order valence-corrected chi connectivity index (χ0v) is 14.3. The Labute approximate surface area is 146 Å². The summed E-state index contributed by atoms with van der Waals surface area (Å²) in [5.74, 6) is -0.447. The van der Waals surface area contributed by atoms with Gasteiger partial charge in [-0.3, -0.25) is 10.2 Å². The summed E-state index contributed by atoms with van der Waals surface area (Å²) < 4.78 is 10.6. The van der Waals surface area contributed by atoms with Gasteiger partial charge in [-0.25, -0.2) is 0 Å². The molecule has 1 saturated heterocycles. The molecule has 0 saturated carbocycles. The van der Waals surface area contributed by atoms with E-state index in [4.69, 9.17) is 26.5 Å². The van der Waals surface area contributed by atoms with Gasteiger partial charge in [-0.1, -0.05) is 11.6 Å². The average Bonchev–Trinajstić information content (AvgIpc) is 2.58. The molecular weight excluding hydrogens is 330 g/mol. The van der Waals surface area contributed by atoms with Gasteiger partial charge in [0.1, 0.15) is 18.0 Å². The molecule has 1 aliphatic heterocycles. The minimum Gasteiger partial charge on any atom is -0.466 e. The highest BCUT2D eigenvalue weighted by atomic mass is 35.5. The first kappa shape index (κ1) is 18.2. The van der Waals surface area contributed by atoms with Crippen molar-refractivity contribution in [3.05, 3.63) is 28.3 Å². The lowest BCUT2D eigenvalue weighted by molar-refractivity contribution is -0.142. The number of nitrogens with zero attached hydrogens (tertiary/aromatic N) is 1. The Morgan fingerprint density at radius 3 is 2.96 bits per heavy atom. The molecule has 0 amide bonds. The summed E-state index contributed by atoms with van der Waals surface area (Å²) in [5.41, 5.74) is 1.06. The van der Waals surface area contributed by atoms with Crippen molar-refractivity contribution in [2.75, 3.05) is 18.5 Å². The van der Waals surface area contributed by atoms with Crippen LogP contribution in [-0.2, 0) is 20.7 Å². The van der Waals surface area contributed by atoms with Crippen LogP contribution < -0.4 is 5.32 Å². The van der Waals surface area contributed by atoms with Crippen molar-refractivity contribution in [3.8, 4) is 6.07 Å². The number of benzene rings is 1. The maximum absolute atomic E-state index is 11.8. The first-order chi connectivity index (χ1) is 11.6. The molecule has 0 bridgehead atoms. The van der Waals surface area contributed by atoms with Crippen LogP contribution in [0.5, 0.6) is 0 Å². The van der Waals surface area contributed by atoms with E-state index in [1.54, 1.807) is 19.1 Å². The van der Waals surface area contributed by atoms with E-state index in [2.05, 4.69) is 5.32 Å². The molecule has 2 N–H and O–H groups in total. The fourth-order valence-corrected chi connectivity index (χ4v) is 2.87. The lowest BCUT2D eigenvalue weighted by atomic mass is 9.98. The van der Waals surface area contributed by atoms with Crippen LogP contribution in [0.1, 0.15) is 37.3 Å². The monoisotopic (exact) mass is 349 g/mol. The molecule has 1 atom stereocenters. The normalized spacial score (nSPS) is 17.0. The number of nitrogens with one attached hydrogen (secondary N) is 2. The number of esters is 1. The molecule has 0 spiro atoms. The molecule has 1 fully saturated rings. The van der Waals surface area contributed by atoms with Crippen molar-refractivity contribution in [2.24, 2.45) is 0 Å². The Bertz CT molecular complexity index is 664. The van der Waals surface area contributed by atoms with E-state index in [0.717, 1.165) is 19.3 Å². The highest BCUT2D eigenvalue weighted by Crippen LogP contribution is 2.30. The van der Waals surface area contributed by atoms with Gasteiger partial charge in [-0.05, 0) is 43.9 Å². The molecule has 24 heavy (non-hydrogen) atoms. The molecule has 1 aromatic carbocycles. The number of halogens is 1. The number of rotatable bonds is 6. The van der Waals surface area contributed by atoms with E-state index < -0.39 is 5.97 Å². The van der Waals surface area contributed by atoms with Crippen LogP contribution in [0.3, 0.4) is 0 Å². The summed E-state index contributed by atoms with van der Waals surface area (Å²) >= 11 is 6.22. The highest BCUT2D eigenvalue weighted by Gasteiger charge is 2.22. The lowest BCUT2D eigenvalue weighted by Crippen LogP contribution is -2.28. The summed E-state index contributed by atoms with van der Waals surface area (Å²) in [6, 6.07) is 5.18. The van der Waals surface area contributed by atoms with Crippen molar-refractivity contribution >= 4 is 29.0 Å². The van der Waals surface area contributed by atoms with Crippen molar-refractivity contribution < 1.29 is 14.3 Å². The quantitative estimate of drug-likeness (QED) is 0.607. The summed E-state index contributed by atoms with van der Waals surface area (Å²) in [7, 11) is 0. The average molecular weight is 350 g/mol. The van der Waals surface area contributed by atoms with Crippen LogP contribution in [0.2, 0.25) is 5.02 Å². The second-order valence-electron chi connectivity index (χ2n) is 5.42. The number of anilines is 1. The molecule has 2 rings (SSSR count). The minimum atomic E-state index is -0.447. The Morgan fingerprint density at radius 2 is 2.33 bits per heavy atom. The zero-order valence-electron chi connectivity index (χ0n) is 13.5. The third-order valence-corrected chi connectivity index (χ3v) is 4.09. The van der Waals surface area contributed by atoms with Gasteiger partial charge < -0.3 is 14.8 Å². The third kappa shape index (κ3) is 4.47. The molecular formula is C17H20ClN3O3. The zero-order chi connectivity index (χ0) is 17.5. The smallest absolute Gasteiger partial charge is 0.310 e. The van der Waals surface area contributed by atoms with Crippen LogP contribution in [0.15, 0.2) is 12.1 Å². The van der Waals surface area contributed by atoms with Crippen LogP contribution in [-0.4, -0.2) is 31.1 Å². The fraction of sp³-hybridized carbons (Fsp3) is 0.471. The van der Waals surface area contributed by atoms with Gasteiger partial charge in [0.25, 0.3) is 0 Å². The van der Waals surface area contributed by atoms with Crippen molar-refractivity contribution in [3.63, 3.8) is 0 Å². The third-order valence-electron chi connectivity index (χ3n) is 3.74. The van der Waals surface area contributed by atoms with Crippen LogP contribution >= 0.6 is 11.6 Å². The van der Waals surface area contributed by atoms with E-state index in [1.165, 1.54) is 0 Å². The van der Waals surface area contributed by atoms with Crippen molar-refractivity contribution in [1.29, 1.82) is 10.7 Å². The van der Waals surface area contributed by atoms with E-state index in [9.17, 15) is 10.1 Å². The number of ether oxygens (including phenoxy) is 2. The van der Waals surface area contributed by atoms with Gasteiger partial charge in [0.2, 0.25) is 0 Å². The highest BCUT2D eigenvalue weighted by molar-refractivity contribution is 6.32. The molecule has 128 valence electrons. The Balaban J connectivity index is 2.37. The SMILES string of the molecule is CCOC(=O)Cc1c(Cl)ccc(NC2CCCCO2)c1C(=N)C#N. The number of carbonyl (C=O) groups excluding carboxylic acids is 1. The number of carbonyl (C=O) groups is 1.